The van der Waals surface area contributed by atoms with Crippen molar-refractivity contribution >= 4 is 11.7 Å². The Balaban J connectivity index is -0.000000233. The van der Waals surface area contributed by atoms with Crippen molar-refractivity contribution in [3.05, 3.63) is 120 Å². The number of nitrogens with one attached hydrogen (secondary N) is 2. The number of aryl methyl sites for hydroxylation is 3. The number of hydrogen-bond donors (Lipinski definition) is 2. The lowest BCUT2D eigenvalue weighted by Crippen LogP contribution is -2.34. The Hall–Kier alpha value is -3.90. The Morgan fingerprint density at radius 1 is 0.522 bits per heavy atom. The highest BCUT2D eigenvalue weighted by Crippen LogP contribution is 2.23. The molecular formula is C63H114N2O4. The second kappa shape index (κ2) is 42.9. The Bertz CT molecular complexity index is 1670. The molecule has 6 nitrogen and oxygen atoms in total. The summed E-state index contributed by atoms with van der Waals surface area (Å²) in [4.78, 5) is 21.4. The molecule has 4 rings (SSSR count). The fraction of sp³-hybridized carbons (Fsp3) is 0.651. The van der Waals surface area contributed by atoms with E-state index < -0.39 is 0 Å². The van der Waals surface area contributed by atoms with Crippen molar-refractivity contribution in [2.45, 2.75) is 242 Å². The molecule has 2 aromatic heterocycles. The number of benzene rings is 2. The maximum absolute atomic E-state index is 11.7. The number of hydrogen-bond acceptors (Lipinski definition) is 5. The molecule has 4 aromatic rings. The summed E-state index contributed by atoms with van der Waals surface area (Å²) in [5, 5.41) is 5.75. The fourth-order valence-corrected chi connectivity index (χ4v) is 5.01. The third kappa shape index (κ3) is 66.2. The zero-order valence-electron chi connectivity index (χ0n) is 50.1. The van der Waals surface area contributed by atoms with E-state index in [2.05, 4.69) is 193 Å². The summed E-state index contributed by atoms with van der Waals surface area (Å²) in [5.74, 6) is 3.31. The van der Waals surface area contributed by atoms with Gasteiger partial charge in [0.25, 0.3) is 0 Å². The molecular weight excluding hydrogens is 849 g/mol. The Labute approximate surface area is 429 Å². The van der Waals surface area contributed by atoms with E-state index in [0.29, 0.717) is 22.7 Å². The van der Waals surface area contributed by atoms with Crippen LogP contribution in [0.5, 0.6) is 0 Å². The number of amides is 1. The molecule has 0 saturated heterocycles. The molecule has 0 aliphatic heterocycles. The van der Waals surface area contributed by atoms with Crippen molar-refractivity contribution in [3.8, 4) is 0 Å². The minimum atomic E-state index is 0.00463. The van der Waals surface area contributed by atoms with Gasteiger partial charge in [0.15, 0.2) is 5.78 Å². The zero-order valence-corrected chi connectivity index (χ0v) is 50.1. The first-order valence-electron chi connectivity index (χ1n) is 26.3. The van der Waals surface area contributed by atoms with E-state index in [9.17, 15) is 9.59 Å². The summed E-state index contributed by atoms with van der Waals surface area (Å²) in [7, 11) is 1.60. The van der Waals surface area contributed by atoms with Gasteiger partial charge >= 0.3 is 0 Å². The maximum Gasteiger partial charge on any atom is 0.216 e. The predicted octanol–water partition coefficient (Wildman–Crippen LogP) is 19.5. The van der Waals surface area contributed by atoms with E-state index in [1.54, 1.807) is 13.3 Å². The van der Waals surface area contributed by atoms with E-state index in [4.69, 9.17) is 8.83 Å². The zero-order chi connectivity index (χ0) is 54.8. The van der Waals surface area contributed by atoms with E-state index in [1.807, 2.05) is 61.5 Å². The smallest absolute Gasteiger partial charge is 0.216 e. The van der Waals surface area contributed by atoms with Gasteiger partial charge in [-0.1, -0.05) is 218 Å². The van der Waals surface area contributed by atoms with E-state index in [0.717, 1.165) is 35.8 Å². The first-order chi connectivity index (χ1) is 31.7. The first kappa shape index (κ1) is 74.1. The quantitative estimate of drug-likeness (QED) is 0.163. The Kier molecular flexibility index (Phi) is 46.1. The normalized spacial score (nSPS) is 10.6. The number of carbonyl (C=O) groups excluding carboxylic acids is 2. The molecule has 0 unspecified atom stereocenters. The molecule has 400 valence electrons. The standard InChI is InChI=1S/C12H16O.C12H18.C10H17NO.C10H16O.C7H16.C3H7NO.3C3H8/c1-12(2,3)9-11(13)10-7-5-4-6-8-10;1-12(2,3)10-9-11-7-5-4-6-8-11;1-8-5-6-9(12-8)7-11-10(2,3)4;1-10(2,3)7-6-9-5-4-8-11-9;1-5-6-7(2,3)4;1-3(5)4-2;3*1-3-2/h4-8H,9H2,1-3H3;4-8H,9-10H2,1-3H3;5-6,11H,7H2,1-4H3;4-5,8H,6-7H2,1-3H3;5-6H2,1-4H3;1-2H3,(H,4,5);3*3H2,1-2H3. The summed E-state index contributed by atoms with van der Waals surface area (Å²) in [5.41, 5.74) is 3.91. The average Bonchev–Trinajstić information content (AvgIpc) is 3.91. The van der Waals surface area contributed by atoms with E-state index in [1.165, 1.54) is 63.9 Å². The minimum absolute atomic E-state index is 0.00463. The molecule has 0 fully saturated rings. The van der Waals surface area contributed by atoms with E-state index in [-0.39, 0.29) is 22.6 Å². The average molecular weight is 964 g/mol. The molecule has 6 heteroatoms. The van der Waals surface area contributed by atoms with Gasteiger partial charge < -0.3 is 19.5 Å². The van der Waals surface area contributed by atoms with Gasteiger partial charge in [0.2, 0.25) is 5.91 Å². The number of Topliss-reactive ketones (excluding diaryl/α,β-unsaturated/α-hetero) is 1. The largest absolute Gasteiger partial charge is 0.469 e. The maximum atomic E-state index is 11.7. The molecule has 1 amide bonds. The molecule has 0 aliphatic rings. The van der Waals surface area contributed by atoms with Crippen LogP contribution in [0.2, 0.25) is 0 Å². The summed E-state index contributed by atoms with van der Waals surface area (Å²) >= 11 is 0. The van der Waals surface area contributed by atoms with Crippen molar-refractivity contribution in [1.29, 1.82) is 0 Å². The summed E-state index contributed by atoms with van der Waals surface area (Å²) in [6, 6.07) is 28.1. The number of furan rings is 2. The second-order valence-corrected chi connectivity index (χ2v) is 23.6. The van der Waals surface area contributed by atoms with Crippen LogP contribution < -0.4 is 10.6 Å². The van der Waals surface area contributed by atoms with Crippen molar-refractivity contribution < 1.29 is 18.4 Å². The molecule has 2 heterocycles. The van der Waals surface area contributed by atoms with Crippen molar-refractivity contribution in [2.24, 2.45) is 21.7 Å². The van der Waals surface area contributed by atoms with Gasteiger partial charge in [0, 0.05) is 37.9 Å². The molecule has 2 N–H and O–H groups in total. The topological polar surface area (TPSA) is 84.5 Å². The predicted molar refractivity (Wildman–Crippen MR) is 308 cm³/mol. The van der Waals surface area contributed by atoms with E-state index >= 15 is 0 Å². The molecule has 69 heavy (non-hydrogen) atoms. The highest BCUT2D eigenvalue weighted by Gasteiger charge is 2.17. The number of carbonyl (C=O) groups is 2. The van der Waals surface area contributed by atoms with Gasteiger partial charge in [-0.15, -0.1) is 0 Å². The lowest BCUT2D eigenvalue weighted by molar-refractivity contribution is -0.118. The molecule has 0 spiro atoms. The molecule has 0 aliphatic carbocycles. The van der Waals surface area contributed by atoms with Gasteiger partial charge in [-0.05, 0) is 105 Å². The van der Waals surface area contributed by atoms with Gasteiger partial charge in [0.1, 0.15) is 17.3 Å². The van der Waals surface area contributed by atoms with Gasteiger partial charge in [-0.2, -0.15) is 0 Å². The molecule has 0 atom stereocenters. The Morgan fingerprint density at radius 3 is 1.25 bits per heavy atom. The van der Waals surface area contributed by atoms with Crippen LogP contribution in [0.25, 0.3) is 0 Å². The summed E-state index contributed by atoms with van der Waals surface area (Å²) in [6.45, 7) is 52.3. The van der Waals surface area contributed by atoms with Crippen LogP contribution in [0, 0.1) is 28.6 Å². The van der Waals surface area contributed by atoms with Gasteiger partial charge in [0.05, 0.1) is 12.8 Å². The van der Waals surface area contributed by atoms with Gasteiger partial charge in [-0.25, -0.2) is 0 Å². The summed E-state index contributed by atoms with van der Waals surface area (Å²) in [6.07, 6.45) is 13.4. The molecule has 0 radical (unpaired) electrons. The van der Waals surface area contributed by atoms with Crippen LogP contribution in [-0.4, -0.2) is 24.3 Å². The van der Waals surface area contributed by atoms with Crippen LogP contribution in [0.1, 0.15) is 244 Å². The molecule has 0 saturated carbocycles. The van der Waals surface area contributed by atoms with Crippen LogP contribution in [-0.2, 0) is 24.2 Å². The summed E-state index contributed by atoms with van der Waals surface area (Å²) < 4.78 is 10.6. The third-order valence-electron chi connectivity index (χ3n) is 8.44. The fourth-order valence-electron chi connectivity index (χ4n) is 5.01. The lowest BCUT2D eigenvalue weighted by atomic mass is 9.88. The molecule has 2 aromatic carbocycles. The highest BCUT2D eigenvalue weighted by atomic mass is 16.3. The molecule has 0 bridgehead atoms. The Morgan fingerprint density at radius 2 is 0.942 bits per heavy atom. The monoisotopic (exact) mass is 963 g/mol. The van der Waals surface area contributed by atoms with Crippen molar-refractivity contribution in [1.82, 2.24) is 10.6 Å². The second-order valence-electron chi connectivity index (χ2n) is 23.6. The highest BCUT2D eigenvalue weighted by molar-refractivity contribution is 5.96. The third-order valence-corrected chi connectivity index (χ3v) is 8.44. The SMILES string of the molecule is CC(C)(C)CC(=O)c1ccccc1.CC(C)(C)CCc1ccccc1.CC(C)(C)CCc1ccco1.CCC.CCC.CCC.CCCC(C)(C)C.CNC(C)=O.Cc1ccc(CNC(C)(C)C)o1. The van der Waals surface area contributed by atoms with Crippen LogP contribution in [0.3, 0.4) is 0 Å². The van der Waals surface area contributed by atoms with Crippen LogP contribution in [0.15, 0.2) is 100 Å². The lowest BCUT2D eigenvalue weighted by Gasteiger charge is -2.19. The number of rotatable bonds is 9. The van der Waals surface area contributed by atoms with Crippen LogP contribution in [0.4, 0.5) is 0 Å². The number of ketones is 1. The van der Waals surface area contributed by atoms with Crippen molar-refractivity contribution in [3.63, 3.8) is 0 Å². The van der Waals surface area contributed by atoms with Gasteiger partial charge in [-0.3, -0.25) is 9.59 Å². The minimum Gasteiger partial charge on any atom is -0.469 e. The first-order valence-corrected chi connectivity index (χ1v) is 26.3. The van der Waals surface area contributed by atoms with Crippen molar-refractivity contribution in [2.75, 3.05) is 7.05 Å². The van der Waals surface area contributed by atoms with Crippen LogP contribution >= 0.6 is 0 Å².